The van der Waals surface area contributed by atoms with Crippen LogP contribution in [0.4, 0.5) is 0 Å². The number of nitrogens with zero attached hydrogens (tertiary/aromatic N) is 2. The Bertz CT molecular complexity index is 499. The molecule has 2 heterocycles. The first-order valence-corrected chi connectivity index (χ1v) is 9.65. The summed E-state index contributed by atoms with van der Waals surface area (Å²) in [6, 6.07) is 0. The molecule has 2 N–H and O–H groups in total. The largest absolute Gasteiger partial charge is 0.379 e. The maximum atomic E-state index is 5.65. The number of thiazole rings is 1. The number of aromatic nitrogens is 1. The van der Waals surface area contributed by atoms with Crippen LogP contribution in [-0.2, 0) is 16.0 Å². The lowest BCUT2D eigenvalue weighted by molar-refractivity contribution is 0.0168. The van der Waals surface area contributed by atoms with Crippen molar-refractivity contribution >= 4 is 17.3 Å². The molecule has 1 fully saturated rings. The molecule has 1 aliphatic rings. The monoisotopic (exact) mass is 354 g/mol. The van der Waals surface area contributed by atoms with E-state index in [1.807, 2.05) is 0 Å². The third kappa shape index (κ3) is 6.75. The lowest BCUT2D eigenvalue weighted by Gasteiger charge is -2.12. The molecule has 0 aliphatic carbocycles. The zero-order valence-corrected chi connectivity index (χ0v) is 15.8. The molecule has 0 bridgehead atoms. The Kier molecular flexibility index (Phi) is 8.49. The van der Waals surface area contributed by atoms with Crippen molar-refractivity contribution in [2.24, 2.45) is 4.99 Å². The van der Waals surface area contributed by atoms with Crippen molar-refractivity contribution in [3.05, 3.63) is 16.1 Å². The van der Waals surface area contributed by atoms with Gasteiger partial charge in [0.1, 0.15) is 0 Å². The maximum absolute atomic E-state index is 5.65. The second-order valence-electron chi connectivity index (χ2n) is 6.25. The molecule has 1 aromatic rings. The van der Waals surface area contributed by atoms with Crippen LogP contribution in [0.25, 0.3) is 0 Å². The van der Waals surface area contributed by atoms with Crippen molar-refractivity contribution in [1.29, 1.82) is 0 Å². The van der Waals surface area contributed by atoms with E-state index in [9.17, 15) is 0 Å². The average Bonchev–Trinajstić information content (AvgIpc) is 3.25. The minimum atomic E-state index is 0.307. The van der Waals surface area contributed by atoms with Crippen molar-refractivity contribution in [3.8, 4) is 0 Å². The van der Waals surface area contributed by atoms with Gasteiger partial charge in [-0.05, 0) is 19.3 Å². The predicted octanol–water partition coefficient (Wildman–Crippen LogP) is 2.52. The van der Waals surface area contributed by atoms with Gasteiger partial charge in [0.2, 0.25) is 0 Å². The lowest BCUT2D eigenvalue weighted by Crippen LogP contribution is -2.37. The fraction of sp³-hybridized carbons (Fsp3) is 0.765. The van der Waals surface area contributed by atoms with Crippen molar-refractivity contribution in [2.45, 2.75) is 51.7 Å². The van der Waals surface area contributed by atoms with Crippen LogP contribution in [0.15, 0.2) is 10.4 Å². The lowest BCUT2D eigenvalue weighted by atomic mass is 10.2. The standard InChI is InChI=1S/C17H30N4O2S/c1-13(2)16-21-14(12-24-16)10-20-17(18-3)19-7-5-8-22-11-15-6-4-9-23-15/h12-13,15H,4-11H2,1-3H3,(H2,18,19,20). The van der Waals surface area contributed by atoms with Crippen LogP contribution in [0.5, 0.6) is 0 Å². The molecular weight excluding hydrogens is 324 g/mol. The Morgan fingerprint density at radius 1 is 1.50 bits per heavy atom. The smallest absolute Gasteiger partial charge is 0.191 e. The van der Waals surface area contributed by atoms with Crippen molar-refractivity contribution in [1.82, 2.24) is 15.6 Å². The zero-order valence-electron chi connectivity index (χ0n) is 15.0. The predicted molar refractivity (Wildman–Crippen MR) is 98.8 cm³/mol. The van der Waals surface area contributed by atoms with Gasteiger partial charge in [0.05, 0.1) is 30.0 Å². The van der Waals surface area contributed by atoms with E-state index < -0.39 is 0 Å². The first kappa shape index (κ1) is 19.1. The molecule has 0 radical (unpaired) electrons. The summed E-state index contributed by atoms with van der Waals surface area (Å²) in [4.78, 5) is 8.85. The Hall–Kier alpha value is -1.18. The Balaban J connectivity index is 1.54. The molecule has 6 nitrogen and oxygen atoms in total. The summed E-state index contributed by atoms with van der Waals surface area (Å²) in [5, 5.41) is 9.88. The molecule has 7 heteroatoms. The van der Waals surface area contributed by atoms with E-state index in [4.69, 9.17) is 9.47 Å². The van der Waals surface area contributed by atoms with E-state index in [-0.39, 0.29) is 0 Å². The quantitative estimate of drug-likeness (QED) is 0.405. The molecule has 136 valence electrons. The van der Waals surface area contributed by atoms with Gasteiger partial charge in [0.25, 0.3) is 0 Å². The molecule has 0 spiro atoms. The molecule has 1 atom stereocenters. The van der Waals surface area contributed by atoms with Crippen molar-refractivity contribution < 1.29 is 9.47 Å². The van der Waals surface area contributed by atoms with Crippen LogP contribution in [0.3, 0.4) is 0 Å². The van der Waals surface area contributed by atoms with Crippen molar-refractivity contribution in [3.63, 3.8) is 0 Å². The summed E-state index contributed by atoms with van der Waals surface area (Å²) < 4.78 is 11.2. The van der Waals surface area contributed by atoms with Crippen molar-refractivity contribution in [2.75, 3.05) is 33.4 Å². The number of ether oxygens (including phenoxy) is 2. The maximum Gasteiger partial charge on any atom is 0.191 e. The van der Waals surface area contributed by atoms with Crippen LogP contribution < -0.4 is 10.6 Å². The second-order valence-corrected chi connectivity index (χ2v) is 7.14. The Morgan fingerprint density at radius 3 is 3.04 bits per heavy atom. The molecule has 0 amide bonds. The minimum absolute atomic E-state index is 0.307. The highest BCUT2D eigenvalue weighted by Crippen LogP contribution is 2.18. The van der Waals surface area contributed by atoms with E-state index >= 15 is 0 Å². The molecule has 0 aromatic carbocycles. The fourth-order valence-electron chi connectivity index (χ4n) is 2.44. The number of guanidine groups is 1. The second kappa shape index (κ2) is 10.6. The highest BCUT2D eigenvalue weighted by Gasteiger charge is 2.14. The summed E-state index contributed by atoms with van der Waals surface area (Å²) in [6.07, 6.45) is 3.54. The fourth-order valence-corrected chi connectivity index (χ4v) is 3.27. The van der Waals surface area contributed by atoms with Gasteiger partial charge in [-0.1, -0.05) is 13.8 Å². The molecule has 1 aliphatic heterocycles. The van der Waals surface area contributed by atoms with E-state index in [0.29, 0.717) is 18.6 Å². The molecule has 1 unspecified atom stereocenters. The first-order chi connectivity index (χ1) is 11.7. The van der Waals surface area contributed by atoms with Gasteiger partial charge in [-0.25, -0.2) is 4.98 Å². The first-order valence-electron chi connectivity index (χ1n) is 8.77. The summed E-state index contributed by atoms with van der Waals surface area (Å²) in [5.74, 6) is 1.28. The number of hydrogen-bond donors (Lipinski definition) is 2. The number of hydrogen-bond acceptors (Lipinski definition) is 5. The third-order valence-corrected chi connectivity index (χ3v) is 5.00. The third-order valence-electron chi connectivity index (χ3n) is 3.81. The van der Waals surface area contributed by atoms with Gasteiger partial charge in [0, 0.05) is 38.1 Å². The van der Waals surface area contributed by atoms with E-state index in [2.05, 4.69) is 39.8 Å². The minimum Gasteiger partial charge on any atom is -0.379 e. The normalized spacial score (nSPS) is 18.3. The highest BCUT2D eigenvalue weighted by atomic mass is 32.1. The zero-order chi connectivity index (χ0) is 17.2. The molecule has 1 saturated heterocycles. The number of nitrogens with one attached hydrogen (secondary N) is 2. The average molecular weight is 355 g/mol. The van der Waals surface area contributed by atoms with E-state index in [0.717, 1.165) is 57.3 Å². The molecule has 24 heavy (non-hydrogen) atoms. The van der Waals surface area contributed by atoms with Crippen LogP contribution >= 0.6 is 11.3 Å². The van der Waals surface area contributed by atoms with E-state index in [1.165, 1.54) is 5.01 Å². The van der Waals surface area contributed by atoms with Crippen LogP contribution in [0.1, 0.15) is 49.7 Å². The Morgan fingerprint density at radius 2 is 2.38 bits per heavy atom. The van der Waals surface area contributed by atoms with E-state index in [1.54, 1.807) is 18.4 Å². The van der Waals surface area contributed by atoms with Crippen LogP contribution in [0, 0.1) is 0 Å². The topological polar surface area (TPSA) is 67.8 Å². The molecule has 0 saturated carbocycles. The molecule has 1 aromatic heterocycles. The van der Waals surface area contributed by atoms with Gasteiger partial charge in [0.15, 0.2) is 5.96 Å². The van der Waals surface area contributed by atoms with Gasteiger partial charge >= 0.3 is 0 Å². The summed E-state index contributed by atoms with van der Waals surface area (Å²) in [5.41, 5.74) is 1.06. The van der Waals surface area contributed by atoms with Gasteiger partial charge in [-0.15, -0.1) is 11.3 Å². The Labute approximate surface area is 149 Å². The molecular formula is C17H30N4O2S. The van der Waals surface area contributed by atoms with Crippen LogP contribution in [-0.4, -0.2) is 50.5 Å². The number of rotatable bonds is 9. The highest BCUT2D eigenvalue weighted by molar-refractivity contribution is 7.09. The summed E-state index contributed by atoms with van der Waals surface area (Å²) >= 11 is 1.72. The van der Waals surface area contributed by atoms with Gasteiger partial charge < -0.3 is 20.1 Å². The number of aliphatic imine (C=N–C) groups is 1. The summed E-state index contributed by atoms with van der Waals surface area (Å²) in [6.45, 7) is 8.20. The SMILES string of the molecule is CN=C(NCCCOCC1CCCO1)NCc1csc(C(C)C)n1. The van der Waals surface area contributed by atoms with Crippen LogP contribution in [0.2, 0.25) is 0 Å². The summed E-state index contributed by atoms with van der Waals surface area (Å²) in [7, 11) is 1.78. The molecule has 2 rings (SSSR count). The van der Waals surface area contributed by atoms with Gasteiger partial charge in [-0.2, -0.15) is 0 Å². The van der Waals surface area contributed by atoms with Gasteiger partial charge in [-0.3, -0.25) is 4.99 Å².